The third kappa shape index (κ3) is 5.55. The average molecular weight is 458 g/mol. The van der Waals surface area contributed by atoms with E-state index in [4.69, 9.17) is 21.1 Å². The van der Waals surface area contributed by atoms with Crippen molar-refractivity contribution in [1.29, 1.82) is 0 Å². The summed E-state index contributed by atoms with van der Waals surface area (Å²) in [7, 11) is 0. The van der Waals surface area contributed by atoms with Gasteiger partial charge in [-0.2, -0.15) is 0 Å². The lowest BCUT2D eigenvalue weighted by Gasteiger charge is -2.30. The zero-order chi connectivity index (χ0) is 21.6. The van der Waals surface area contributed by atoms with Crippen molar-refractivity contribution in [2.45, 2.75) is 13.3 Å². The minimum absolute atomic E-state index is 0.125. The van der Waals surface area contributed by atoms with Crippen molar-refractivity contribution in [2.24, 2.45) is 0 Å². The summed E-state index contributed by atoms with van der Waals surface area (Å²) in [6.07, 6.45) is 0.197. The minimum atomic E-state index is -0.125. The van der Waals surface area contributed by atoms with Gasteiger partial charge in [-0.3, -0.25) is 4.79 Å². The molecule has 6 nitrogen and oxygen atoms in total. The van der Waals surface area contributed by atoms with Crippen LogP contribution in [0.1, 0.15) is 12.6 Å². The molecule has 1 saturated heterocycles. The van der Waals surface area contributed by atoms with Crippen LogP contribution in [0.5, 0.6) is 5.75 Å². The number of rotatable bonds is 7. The van der Waals surface area contributed by atoms with Gasteiger partial charge in [0.25, 0.3) is 0 Å². The Morgan fingerprint density at radius 3 is 2.74 bits per heavy atom. The summed E-state index contributed by atoms with van der Waals surface area (Å²) in [6, 6.07) is 13.4. The molecule has 1 N–H and O–H groups in total. The van der Waals surface area contributed by atoms with Gasteiger partial charge < -0.3 is 19.7 Å². The molecule has 0 radical (unpaired) electrons. The van der Waals surface area contributed by atoms with Crippen LogP contribution in [0.4, 0.5) is 11.4 Å². The molecule has 4 rings (SSSR count). The van der Waals surface area contributed by atoms with E-state index in [0.717, 1.165) is 40.8 Å². The Bertz CT molecular complexity index is 1030. The molecule has 0 saturated carbocycles. The Morgan fingerprint density at radius 1 is 1.23 bits per heavy atom. The van der Waals surface area contributed by atoms with E-state index >= 15 is 0 Å². The number of halogens is 1. The second-order valence-electron chi connectivity index (χ2n) is 7.09. The van der Waals surface area contributed by atoms with E-state index in [9.17, 15) is 4.79 Å². The molecule has 162 valence electrons. The molecule has 1 fully saturated rings. The molecule has 3 aromatic rings. The molecule has 2 heterocycles. The Kier molecular flexibility index (Phi) is 7.06. The Balaban J connectivity index is 1.43. The van der Waals surface area contributed by atoms with Crippen molar-refractivity contribution in [3.63, 3.8) is 0 Å². The van der Waals surface area contributed by atoms with Crippen LogP contribution in [0.15, 0.2) is 47.8 Å². The molecule has 0 aliphatic carbocycles. The maximum atomic E-state index is 12.7. The Morgan fingerprint density at radius 2 is 2.00 bits per heavy atom. The lowest BCUT2D eigenvalue weighted by molar-refractivity contribution is -0.115. The van der Waals surface area contributed by atoms with E-state index in [1.54, 1.807) is 6.07 Å². The van der Waals surface area contributed by atoms with Crippen LogP contribution < -0.4 is 15.0 Å². The van der Waals surface area contributed by atoms with Crippen LogP contribution in [0.3, 0.4) is 0 Å². The molecule has 31 heavy (non-hydrogen) atoms. The maximum Gasteiger partial charge on any atom is 0.230 e. The quantitative estimate of drug-likeness (QED) is 0.547. The maximum absolute atomic E-state index is 12.7. The zero-order valence-corrected chi connectivity index (χ0v) is 18.8. The van der Waals surface area contributed by atoms with Crippen molar-refractivity contribution in [3.8, 4) is 16.3 Å². The van der Waals surface area contributed by atoms with Crippen LogP contribution in [-0.2, 0) is 16.0 Å². The number of carbonyl (C=O) groups excluding carboxylic acids is 1. The first kappa shape index (κ1) is 21.6. The van der Waals surface area contributed by atoms with Gasteiger partial charge in [-0.1, -0.05) is 11.6 Å². The van der Waals surface area contributed by atoms with Gasteiger partial charge in [0.1, 0.15) is 10.8 Å². The fraction of sp³-hybridized carbons (Fsp3) is 0.304. The summed E-state index contributed by atoms with van der Waals surface area (Å²) in [5.74, 6) is 0.709. The first-order chi connectivity index (χ1) is 15.1. The average Bonchev–Trinajstić information content (AvgIpc) is 3.23. The summed E-state index contributed by atoms with van der Waals surface area (Å²) in [5, 5.41) is 6.39. The largest absolute Gasteiger partial charge is 0.494 e. The van der Waals surface area contributed by atoms with Crippen molar-refractivity contribution >= 4 is 40.2 Å². The zero-order valence-electron chi connectivity index (χ0n) is 17.3. The molecule has 2 aromatic carbocycles. The lowest BCUT2D eigenvalue weighted by atomic mass is 10.2. The number of aromatic nitrogens is 1. The minimum Gasteiger partial charge on any atom is -0.494 e. The van der Waals surface area contributed by atoms with E-state index < -0.39 is 0 Å². The second kappa shape index (κ2) is 10.1. The number of ether oxygens (including phenoxy) is 2. The van der Waals surface area contributed by atoms with Crippen molar-refractivity contribution < 1.29 is 14.3 Å². The van der Waals surface area contributed by atoms with Gasteiger partial charge in [0.2, 0.25) is 5.91 Å². The second-order valence-corrected chi connectivity index (χ2v) is 8.38. The van der Waals surface area contributed by atoms with Crippen molar-refractivity contribution in [2.75, 3.05) is 43.1 Å². The number of thiazole rings is 1. The number of nitrogens with zero attached hydrogens (tertiary/aromatic N) is 2. The highest BCUT2D eigenvalue weighted by atomic mass is 35.5. The van der Waals surface area contributed by atoms with Gasteiger partial charge >= 0.3 is 0 Å². The van der Waals surface area contributed by atoms with Gasteiger partial charge in [0.15, 0.2) is 0 Å². The Labute approximate surface area is 190 Å². The monoisotopic (exact) mass is 457 g/mol. The first-order valence-electron chi connectivity index (χ1n) is 10.2. The standard InChI is InChI=1S/C23H24ClN3O3S/c1-2-30-19-6-3-16(4-7-19)23-25-18(15-31-23)14-22(28)26-20-13-17(24)5-8-21(20)27-9-11-29-12-10-27/h3-8,13,15H,2,9-12,14H2,1H3,(H,26,28). The van der Waals surface area contributed by atoms with Gasteiger partial charge in [0.05, 0.1) is 43.3 Å². The molecule has 0 unspecified atom stereocenters. The fourth-order valence-corrected chi connectivity index (χ4v) is 4.43. The molecular formula is C23H24ClN3O3S. The third-order valence-corrected chi connectivity index (χ3v) is 6.07. The molecule has 0 atom stereocenters. The van der Waals surface area contributed by atoms with E-state index in [0.29, 0.717) is 30.5 Å². The number of benzene rings is 2. The molecule has 1 aliphatic heterocycles. The highest BCUT2D eigenvalue weighted by Gasteiger charge is 2.17. The van der Waals surface area contributed by atoms with E-state index in [-0.39, 0.29) is 12.3 Å². The predicted octanol–water partition coefficient (Wildman–Crippen LogP) is 4.88. The van der Waals surface area contributed by atoms with Crippen LogP contribution in [0, 0.1) is 0 Å². The number of morpholine rings is 1. The summed E-state index contributed by atoms with van der Waals surface area (Å²) in [4.78, 5) is 19.6. The van der Waals surface area contributed by atoms with Crippen molar-refractivity contribution in [1.82, 2.24) is 4.98 Å². The molecule has 1 aliphatic rings. The molecule has 8 heteroatoms. The number of amides is 1. The lowest BCUT2D eigenvalue weighted by Crippen LogP contribution is -2.36. The van der Waals surface area contributed by atoms with Crippen LogP contribution in [0.2, 0.25) is 5.02 Å². The number of nitrogens with one attached hydrogen (secondary N) is 1. The van der Waals surface area contributed by atoms with Gasteiger partial charge in [-0.15, -0.1) is 11.3 Å². The van der Waals surface area contributed by atoms with E-state index in [1.165, 1.54) is 11.3 Å². The van der Waals surface area contributed by atoms with Gasteiger partial charge in [0, 0.05) is 29.1 Å². The SMILES string of the molecule is CCOc1ccc(-c2nc(CC(=O)Nc3cc(Cl)ccc3N3CCOCC3)cs2)cc1. The molecular weight excluding hydrogens is 434 g/mol. The molecule has 1 amide bonds. The topological polar surface area (TPSA) is 63.7 Å². The normalized spacial score (nSPS) is 13.8. The fourth-order valence-electron chi connectivity index (χ4n) is 3.43. The number of hydrogen-bond acceptors (Lipinski definition) is 6. The Hall–Kier alpha value is -2.61. The van der Waals surface area contributed by atoms with Crippen LogP contribution >= 0.6 is 22.9 Å². The molecule has 0 spiro atoms. The summed E-state index contributed by atoms with van der Waals surface area (Å²) < 4.78 is 10.9. The summed E-state index contributed by atoms with van der Waals surface area (Å²) in [6.45, 7) is 5.49. The smallest absolute Gasteiger partial charge is 0.230 e. The van der Waals surface area contributed by atoms with Crippen molar-refractivity contribution in [3.05, 3.63) is 58.6 Å². The number of anilines is 2. The van der Waals surface area contributed by atoms with Crippen LogP contribution in [-0.4, -0.2) is 43.8 Å². The third-order valence-electron chi connectivity index (χ3n) is 4.89. The molecule has 0 bridgehead atoms. The molecule has 1 aromatic heterocycles. The summed E-state index contributed by atoms with van der Waals surface area (Å²) in [5.41, 5.74) is 3.40. The number of hydrogen-bond donors (Lipinski definition) is 1. The van der Waals surface area contributed by atoms with Gasteiger partial charge in [-0.25, -0.2) is 4.98 Å². The van der Waals surface area contributed by atoms with E-state index in [2.05, 4.69) is 15.2 Å². The predicted molar refractivity (Wildman–Crippen MR) is 126 cm³/mol. The van der Waals surface area contributed by atoms with Gasteiger partial charge in [-0.05, 0) is 49.4 Å². The first-order valence-corrected chi connectivity index (χ1v) is 11.5. The number of carbonyl (C=O) groups is 1. The van der Waals surface area contributed by atoms with Crippen LogP contribution in [0.25, 0.3) is 10.6 Å². The highest BCUT2D eigenvalue weighted by molar-refractivity contribution is 7.13. The summed E-state index contributed by atoms with van der Waals surface area (Å²) >= 11 is 7.71. The van der Waals surface area contributed by atoms with E-state index in [1.807, 2.05) is 48.7 Å². The highest BCUT2D eigenvalue weighted by Crippen LogP contribution is 2.30.